The predicted molar refractivity (Wildman–Crippen MR) is 96.6 cm³/mol. The predicted octanol–water partition coefficient (Wildman–Crippen LogP) is 4.00. The average molecular weight is 423 g/mol. The number of nitrogens with one attached hydrogen (secondary N) is 2. The fourth-order valence-electron chi connectivity index (χ4n) is 2.33. The summed E-state index contributed by atoms with van der Waals surface area (Å²) >= 11 is 0. The molecule has 1 aromatic rings. The maximum Gasteiger partial charge on any atom is 0.191 e. The molecule has 2 N–H and O–H groups in total. The Kier molecular flexibility index (Phi) is 8.06. The van der Waals surface area contributed by atoms with Crippen molar-refractivity contribution in [1.29, 1.82) is 0 Å². The highest BCUT2D eigenvalue weighted by Gasteiger charge is 2.20. The summed E-state index contributed by atoms with van der Waals surface area (Å²) in [4.78, 5) is 4.13. The van der Waals surface area contributed by atoms with Gasteiger partial charge in [-0.15, -0.1) is 24.0 Å². The van der Waals surface area contributed by atoms with E-state index >= 15 is 0 Å². The van der Waals surface area contributed by atoms with E-state index in [4.69, 9.17) is 0 Å². The zero-order chi connectivity index (χ0) is 15.2. The molecule has 1 aliphatic carbocycles. The Hall–Kier alpha value is -0.920. The molecule has 0 heterocycles. The van der Waals surface area contributed by atoms with Crippen molar-refractivity contribution in [3.8, 4) is 0 Å². The Balaban J connectivity index is 0.00000242. The lowest BCUT2D eigenvalue weighted by Gasteiger charge is -2.18. The number of halogens is 3. The van der Waals surface area contributed by atoms with Gasteiger partial charge in [0.1, 0.15) is 11.6 Å². The van der Waals surface area contributed by atoms with Gasteiger partial charge < -0.3 is 10.6 Å². The zero-order valence-electron chi connectivity index (χ0n) is 13.0. The van der Waals surface area contributed by atoms with Crippen LogP contribution >= 0.6 is 24.0 Å². The normalized spacial score (nSPS) is 15.9. The number of benzene rings is 1. The molecule has 1 saturated carbocycles. The standard InChI is InChI=1S/C16H23F2N3.HI/c1-11(14-8-7-13(17)10-15(14)18)21-16(19-2)20-9-3-4-12-5-6-12;/h7-8,10-12H,3-6,9H2,1-2H3,(H2,19,20,21);1H. The lowest BCUT2D eigenvalue weighted by atomic mass is 10.1. The largest absolute Gasteiger partial charge is 0.356 e. The molecule has 3 nitrogen and oxygen atoms in total. The zero-order valence-corrected chi connectivity index (χ0v) is 15.4. The van der Waals surface area contributed by atoms with Gasteiger partial charge in [0.2, 0.25) is 0 Å². The van der Waals surface area contributed by atoms with Crippen molar-refractivity contribution >= 4 is 29.9 Å². The van der Waals surface area contributed by atoms with Crippen LogP contribution in [0.2, 0.25) is 0 Å². The molecule has 1 aromatic carbocycles. The second-order valence-electron chi connectivity index (χ2n) is 5.62. The van der Waals surface area contributed by atoms with Crippen molar-refractivity contribution in [2.75, 3.05) is 13.6 Å². The van der Waals surface area contributed by atoms with Gasteiger partial charge in [0, 0.05) is 25.2 Å². The van der Waals surface area contributed by atoms with E-state index in [1.54, 1.807) is 7.05 Å². The molecule has 0 aromatic heterocycles. The van der Waals surface area contributed by atoms with Crippen LogP contribution in [0, 0.1) is 17.6 Å². The number of aliphatic imine (C=N–C) groups is 1. The molecule has 0 saturated heterocycles. The van der Waals surface area contributed by atoms with Crippen LogP contribution in [-0.4, -0.2) is 19.6 Å². The number of guanidine groups is 1. The van der Waals surface area contributed by atoms with Crippen LogP contribution in [0.25, 0.3) is 0 Å². The summed E-state index contributed by atoms with van der Waals surface area (Å²) in [5, 5.41) is 6.35. The smallest absolute Gasteiger partial charge is 0.191 e. The molecule has 124 valence electrons. The van der Waals surface area contributed by atoms with Gasteiger partial charge in [-0.05, 0) is 31.7 Å². The van der Waals surface area contributed by atoms with E-state index in [1.165, 1.54) is 31.4 Å². The first-order valence-electron chi connectivity index (χ1n) is 7.52. The van der Waals surface area contributed by atoms with Crippen LogP contribution < -0.4 is 10.6 Å². The average Bonchev–Trinajstić information content (AvgIpc) is 3.26. The van der Waals surface area contributed by atoms with Gasteiger partial charge in [0.05, 0.1) is 6.04 Å². The molecule has 6 heteroatoms. The Morgan fingerprint density at radius 1 is 1.36 bits per heavy atom. The van der Waals surface area contributed by atoms with Crippen molar-refractivity contribution in [3.05, 3.63) is 35.4 Å². The van der Waals surface area contributed by atoms with Gasteiger partial charge in [-0.1, -0.05) is 18.9 Å². The van der Waals surface area contributed by atoms with Gasteiger partial charge in [-0.2, -0.15) is 0 Å². The topological polar surface area (TPSA) is 36.4 Å². The monoisotopic (exact) mass is 423 g/mol. The molecule has 1 aliphatic rings. The molecule has 0 bridgehead atoms. The van der Waals surface area contributed by atoms with Crippen molar-refractivity contribution < 1.29 is 8.78 Å². The maximum atomic E-state index is 13.7. The third-order valence-electron chi connectivity index (χ3n) is 3.78. The van der Waals surface area contributed by atoms with Crippen molar-refractivity contribution in [2.24, 2.45) is 10.9 Å². The molecule has 22 heavy (non-hydrogen) atoms. The molecule has 1 fully saturated rings. The molecule has 0 aliphatic heterocycles. The van der Waals surface area contributed by atoms with Gasteiger partial charge >= 0.3 is 0 Å². The Bertz CT molecular complexity index is 504. The van der Waals surface area contributed by atoms with E-state index < -0.39 is 11.6 Å². The molecule has 2 rings (SSSR count). The molecule has 0 spiro atoms. The van der Waals surface area contributed by atoms with Crippen molar-refractivity contribution in [1.82, 2.24) is 10.6 Å². The minimum absolute atomic E-state index is 0. The highest BCUT2D eigenvalue weighted by molar-refractivity contribution is 14.0. The summed E-state index contributed by atoms with van der Waals surface area (Å²) in [5.41, 5.74) is 0.428. The third-order valence-corrected chi connectivity index (χ3v) is 3.78. The quantitative estimate of drug-likeness (QED) is 0.314. The molecular weight excluding hydrogens is 399 g/mol. The number of rotatable bonds is 6. The maximum absolute atomic E-state index is 13.7. The van der Waals surface area contributed by atoms with Gasteiger partial charge in [0.25, 0.3) is 0 Å². The number of hydrogen-bond acceptors (Lipinski definition) is 1. The summed E-state index contributed by atoms with van der Waals surface area (Å²) in [5.74, 6) is 0.459. The lowest BCUT2D eigenvalue weighted by Crippen LogP contribution is -2.39. The highest BCUT2D eigenvalue weighted by Crippen LogP contribution is 2.33. The third kappa shape index (κ3) is 6.06. The van der Waals surface area contributed by atoms with E-state index in [1.807, 2.05) is 6.92 Å². The SMILES string of the molecule is CN=C(NCCCC1CC1)NC(C)c1ccc(F)cc1F.I. The van der Waals surface area contributed by atoms with E-state index in [0.29, 0.717) is 11.5 Å². The van der Waals surface area contributed by atoms with Crippen LogP contribution in [0.1, 0.15) is 44.2 Å². The summed E-state index contributed by atoms with van der Waals surface area (Å²) in [6.45, 7) is 2.68. The molecule has 1 unspecified atom stereocenters. The fourth-order valence-corrected chi connectivity index (χ4v) is 2.33. The molecular formula is C16H24F2IN3. The van der Waals surface area contributed by atoms with Crippen LogP contribution in [0.3, 0.4) is 0 Å². The first kappa shape index (κ1) is 19.1. The summed E-state index contributed by atoms with van der Waals surface area (Å²) in [6.07, 6.45) is 5.11. The van der Waals surface area contributed by atoms with E-state index in [2.05, 4.69) is 15.6 Å². The van der Waals surface area contributed by atoms with E-state index in [9.17, 15) is 8.78 Å². The first-order chi connectivity index (χ1) is 10.1. The van der Waals surface area contributed by atoms with Crippen molar-refractivity contribution in [3.63, 3.8) is 0 Å². The summed E-state index contributed by atoms with van der Waals surface area (Å²) in [6, 6.07) is 3.35. The minimum Gasteiger partial charge on any atom is -0.356 e. The fraction of sp³-hybridized carbons (Fsp3) is 0.562. The van der Waals surface area contributed by atoms with Gasteiger partial charge in [-0.3, -0.25) is 4.99 Å². The number of nitrogens with zero attached hydrogens (tertiary/aromatic N) is 1. The summed E-state index contributed by atoms with van der Waals surface area (Å²) < 4.78 is 26.6. The minimum atomic E-state index is -0.564. The van der Waals surface area contributed by atoms with E-state index in [-0.39, 0.29) is 30.0 Å². The van der Waals surface area contributed by atoms with Gasteiger partial charge in [0.15, 0.2) is 5.96 Å². The van der Waals surface area contributed by atoms with Crippen LogP contribution in [0.4, 0.5) is 8.78 Å². The molecule has 1 atom stereocenters. The summed E-state index contributed by atoms with van der Waals surface area (Å²) in [7, 11) is 1.68. The first-order valence-corrected chi connectivity index (χ1v) is 7.52. The Morgan fingerprint density at radius 2 is 2.09 bits per heavy atom. The second-order valence-corrected chi connectivity index (χ2v) is 5.62. The second kappa shape index (κ2) is 9.27. The molecule has 0 amide bonds. The van der Waals surface area contributed by atoms with E-state index in [0.717, 1.165) is 24.9 Å². The Labute approximate surface area is 148 Å². The lowest BCUT2D eigenvalue weighted by molar-refractivity contribution is 0.550. The molecule has 0 radical (unpaired) electrons. The number of hydrogen-bond donors (Lipinski definition) is 2. The highest BCUT2D eigenvalue weighted by atomic mass is 127. The van der Waals surface area contributed by atoms with Crippen LogP contribution in [0.5, 0.6) is 0 Å². The Morgan fingerprint density at radius 3 is 2.68 bits per heavy atom. The van der Waals surface area contributed by atoms with Crippen LogP contribution in [0.15, 0.2) is 23.2 Å². The van der Waals surface area contributed by atoms with Crippen LogP contribution in [-0.2, 0) is 0 Å². The van der Waals surface area contributed by atoms with Gasteiger partial charge in [-0.25, -0.2) is 8.78 Å². The van der Waals surface area contributed by atoms with Crippen molar-refractivity contribution in [2.45, 2.75) is 38.6 Å².